The van der Waals surface area contributed by atoms with Crippen molar-refractivity contribution < 1.29 is 14.2 Å². The van der Waals surface area contributed by atoms with Crippen molar-refractivity contribution in [2.24, 2.45) is 0 Å². The lowest BCUT2D eigenvalue weighted by atomic mass is 10.7. The zero-order valence-corrected chi connectivity index (χ0v) is 5.68. The first-order valence-electron chi connectivity index (χ1n) is 2.10. The third-order valence-corrected chi connectivity index (χ3v) is 1.33. The Kier molecular flexibility index (Phi) is 3.57. The monoisotopic (exact) mass is 136 g/mol. The van der Waals surface area contributed by atoms with Crippen LogP contribution in [0.25, 0.3) is 0 Å². The highest BCUT2D eigenvalue weighted by molar-refractivity contribution is 7.38. The van der Waals surface area contributed by atoms with E-state index < -0.39 is 8.03 Å². The van der Waals surface area contributed by atoms with Crippen LogP contribution in [-0.2, 0) is 9.30 Å². The van der Waals surface area contributed by atoms with Gasteiger partial charge in [0.2, 0.25) is 0 Å². The molecule has 0 spiro atoms. The molecule has 0 aliphatic carbocycles. The van der Waals surface area contributed by atoms with Gasteiger partial charge in [0.05, 0.1) is 19.0 Å². The zero-order valence-electron chi connectivity index (χ0n) is 4.68. The van der Waals surface area contributed by atoms with Crippen LogP contribution in [0, 0.1) is 0 Å². The Hall–Kier alpha value is -0.270. The molecule has 0 aliphatic rings. The van der Waals surface area contributed by atoms with Gasteiger partial charge in [-0.1, -0.05) is 6.58 Å². The number of rotatable bonds is 3. The van der Waals surface area contributed by atoms with E-state index in [1.54, 1.807) is 0 Å². The lowest BCUT2D eigenvalue weighted by Gasteiger charge is -1.97. The van der Waals surface area contributed by atoms with E-state index in [2.05, 4.69) is 11.3 Å². The minimum Gasteiger partial charge on any atom is -0.501 e. The summed E-state index contributed by atoms with van der Waals surface area (Å²) in [5, 5.41) is 0. The summed E-state index contributed by atoms with van der Waals surface area (Å²) in [5.41, 5.74) is 0. The average molecular weight is 136 g/mol. The van der Waals surface area contributed by atoms with Crippen LogP contribution >= 0.6 is 8.03 Å². The third kappa shape index (κ3) is 3.90. The second-order valence-corrected chi connectivity index (χ2v) is 2.45. The van der Waals surface area contributed by atoms with E-state index in [0.717, 1.165) is 0 Å². The first-order valence-corrected chi connectivity index (χ1v) is 3.66. The second kappa shape index (κ2) is 3.70. The third-order valence-electron chi connectivity index (χ3n) is 0.637. The standard InChI is InChI=1S/C4H9O3P/c1-4(7-2)3-8(5)6/h8H,1,3H2,2H3,(H,5,6). The fourth-order valence-corrected chi connectivity index (χ4v) is 0.723. The second-order valence-electron chi connectivity index (χ2n) is 1.31. The van der Waals surface area contributed by atoms with Gasteiger partial charge in [-0.3, -0.25) is 4.57 Å². The van der Waals surface area contributed by atoms with Crippen molar-refractivity contribution in [1.29, 1.82) is 0 Å². The molecule has 0 amide bonds. The first kappa shape index (κ1) is 7.73. The van der Waals surface area contributed by atoms with E-state index in [1.165, 1.54) is 7.11 Å². The summed E-state index contributed by atoms with van der Waals surface area (Å²) in [6.45, 7) is 3.36. The molecule has 0 heterocycles. The van der Waals surface area contributed by atoms with Crippen LogP contribution in [0.4, 0.5) is 0 Å². The zero-order chi connectivity index (χ0) is 6.57. The fraction of sp³-hybridized carbons (Fsp3) is 0.500. The summed E-state index contributed by atoms with van der Waals surface area (Å²) in [5.74, 6) is 0.358. The molecule has 0 saturated heterocycles. The van der Waals surface area contributed by atoms with Crippen LogP contribution in [0.2, 0.25) is 0 Å². The molecule has 48 valence electrons. The van der Waals surface area contributed by atoms with Gasteiger partial charge in [0.25, 0.3) is 0 Å². The van der Waals surface area contributed by atoms with Gasteiger partial charge < -0.3 is 9.63 Å². The van der Waals surface area contributed by atoms with Crippen molar-refractivity contribution in [3.8, 4) is 0 Å². The largest absolute Gasteiger partial charge is 0.501 e. The van der Waals surface area contributed by atoms with Gasteiger partial charge in [-0.2, -0.15) is 0 Å². The van der Waals surface area contributed by atoms with Crippen molar-refractivity contribution in [3.05, 3.63) is 12.3 Å². The van der Waals surface area contributed by atoms with Crippen molar-refractivity contribution in [2.75, 3.05) is 13.3 Å². The van der Waals surface area contributed by atoms with Crippen molar-refractivity contribution in [3.63, 3.8) is 0 Å². The molecule has 1 unspecified atom stereocenters. The lowest BCUT2D eigenvalue weighted by molar-refractivity contribution is 0.295. The number of ether oxygens (including phenoxy) is 1. The Morgan fingerprint density at radius 2 is 2.50 bits per heavy atom. The van der Waals surface area contributed by atoms with Crippen LogP contribution < -0.4 is 0 Å². The number of hydrogen-bond acceptors (Lipinski definition) is 2. The highest BCUT2D eigenvalue weighted by Gasteiger charge is 1.94. The highest BCUT2D eigenvalue weighted by Crippen LogP contribution is 2.15. The van der Waals surface area contributed by atoms with Crippen molar-refractivity contribution in [1.82, 2.24) is 0 Å². The van der Waals surface area contributed by atoms with Gasteiger partial charge in [-0.05, 0) is 0 Å². The van der Waals surface area contributed by atoms with Gasteiger partial charge in [0, 0.05) is 0 Å². The Bertz CT molecular complexity index is 110. The van der Waals surface area contributed by atoms with Crippen molar-refractivity contribution in [2.45, 2.75) is 0 Å². The topological polar surface area (TPSA) is 46.5 Å². The van der Waals surface area contributed by atoms with Crippen molar-refractivity contribution >= 4 is 8.03 Å². The van der Waals surface area contributed by atoms with E-state index >= 15 is 0 Å². The molecule has 0 fully saturated rings. The predicted molar refractivity (Wildman–Crippen MR) is 32.2 cm³/mol. The lowest BCUT2D eigenvalue weighted by Crippen LogP contribution is -1.85. The molecule has 3 nitrogen and oxygen atoms in total. The molecule has 0 bridgehead atoms. The highest BCUT2D eigenvalue weighted by atomic mass is 31.1. The minimum atomic E-state index is -2.42. The molecule has 0 aliphatic heterocycles. The number of methoxy groups -OCH3 is 1. The average Bonchev–Trinajstić information content (AvgIpc) is 1.65. The summed E-state index contributed by atoms with van der Waals surface area (Å²) in [4.78, 5) is 8.26. The molecule has 0 aromatic rings. The summed E-state index contributed by atoms with van der Waals surface area (Å²) in [7, 11) is -0.997. The maximum atomic E-state index is 10.0. The summed E-state index contributed by atoms with van der Waals surface area (Å²) in [6, 6.07) is 0. The number of allylic oxidation sites excluding steroid dienone is 1. The normalized spacial score (nSPS) is 12.8. The van der Waals surface area contributed by atoms with Crippen LogP contribution in [0.1, 0.15) is 0 Å². The van der Waals surface area contributed by atoms with E-state index in [1.807, 2.05) is 0 Å². The van der Waals surface area contributed by atoms with E-state index in [4.69, 9.17) is 4.89 Å². The minimum absolute atomic E-state index is 0.0706. The van der Waals surface area contributed by atoms with Crippen LogP contribution in [0.15, 0.2) is 12.3 Å². The van der Waals surface area contributed by atoms with Gasteiger partial charge in [-0.15, -0.1) is 0 Å². The summed E-state index contributed by atoms with van der Waals surface area (Å²) < 4.78 is 14.5. The molecule has 4 heteroatoms. The van der Waals surface area contributed by atoms with Gasteiger partial charge in [-0.25, -0.2) is 0 Å². The Balaban J connectivity index is 3.40. The molecule has 0 rings (SSSR count). The molecule has 0 aromatic carbocycles. The quantitative estimate of drug-likeness (QED) is 0.456. The van der Waals surface area contributed by atoms with E-state index in [0.29, 0.717) is 5.76 Å². The molecule has 8 heavy (non-hydrogen) atoms. The van der Waals surface area contributed by atoms with Gasteiger partial charge >= 0.3 is 0 Å². The summed E-state index contributed by atoms with van der Waals surface area (Å²) >= 11 is 0. The fourth-order valence-electron chi connectivity index (χ4n) is 0.241. The first-order chi connectivity index (χ1) is 3.66. The Morgan fingerprint density at radius 3 is 2.62 bits per heavy atom. The molecule has 0 aromatic heterocycles. The molecule has 0 saturated carbocycles. The van der Waals surface area contributed by atoms with Gasteiger partial charge in [0.15, 0.2) is 8.03 Å². The van der Waals surface area contributed by atoms with Crippen LogP contribution in [0.3, 0.4) is 0 Å². The molecular formula is C4H9O3P. The Labute approximate surface area is 48.8 Å². The SMILES string of the molecule is C=C(C[PH](=O)O)OC. The molecule has 1 atom stereocenters. The smallest absolute Gasteiger partial charge is 0.196 e. The molecule has 1 N–H and O–H groups in total. The maximum absolute atomic E-state index is 10.0. The van der Waals surface area contributed by atoms with Crippen LogP contribution in [0.5, 0.6) is 0 Å². The summed E-state index contributed by atoms with van der Waals surface area (Å²) in [6.07, 6.45) is 0.0706. The van der Waals surface area contributed by atoms with E-state index in [9.17, 15) is 4.57 Å². The predicted octanol–water partition coefficient (Wildman–Crippen LogP) is 0.613. The van der Waals surface area contributed by atoms with E-state index in [-0.39, 0.29) is 6.16 Å². The molecule has 0 radical (unpaired) electrons. The van der Waals surface area contributed by atoms with Crippen LogP contribution in [-0.4, -0.2) is 18.2 Å². The maximum Gasteiger partial charge on any atom is 0.196 e. The number of hydrogen-bond donors (Lipinski definition) is 1. The Morgan fingerprint density at radius 1 is 2.00 bits per heavy atom. The van der Waals surface area contributed by atoms with Gasteiger partial charge in [0.1, 0.15) is 0 Å². The molecular weight excluding hydrogens is 127 g/mol.